The number of carbonyl (C=O) groups excluding carboxylic acids is 1. The number of Topliss-reactive ketones (excluding diaryl/α,β-unsaturated/α-hetero) is 1. The van der Waals surface area contributed by atoms with Crippen LogP contribution in [-0.2, 0) is 4.79 Å². The van der Waals surface area contributed by atoms with Gasteiger partial charge in [-0.1, -0.05) is 0 Å². The molecular weight excluding hydrogens is 238 g/mol. The first-order chi connectivity index (χ1) is 7.41. The zero-order chi connectivity index (χ0) is 12.3. The van der Waals surface area contributed by atoms with Crippen molar-refractivity contribution in [2.24, 2.45) is 0 Å². The van der Waals surface area contributed by atoms with E-state index in [-0.39, 0.29) is 12.0 Å². The average molecular weight is 246 g/mol. The molecule has 1 rings (SSSR count). The Morgan fingerprint density at radius 1 is 1.31 bits per heavy atom. The number of carbonyl (C=O) groups is 2. The van der Waals surface area contributed by atoms with Crippen LogP contribution in [0.3, 0.4) is 0 Å². The van der Waals surface area contributed by atoms with E-state index in [1.54, 1.807) is 0 Å². The zero-order valence-electron chi connectivity index (χ0n) is 7.98. The van der Waals surface area contributed by atoms with Gasteiger partial charge < -0.3 is 5.11 Å². The molecule has 0 amide bonds. The van der Waals surface area contributed by atoms with E-state index >= 15 is 0 Å². The van der Waals surface area contributed by atoms with Crippen molar-refractivity contribution in [2.45, 2.75) is 11.7 Å². The van der Waals surface area contributed by atoms with Crippen molar-refractivity contribution in [3.8, 4) is 0 Å². The van der Waals surface area contributed by atoms with Crippen LogP contribution in [0.4, 0.5) is 8.78 Å². The lowest BCUT2D eigenvalue weighted by Gasteiger charge is -2.04. The second-order valence-corrected chi connectivity index (χ2v) is 3.73. The molecule has 16 heavy (non-hydrogen) atoms. The number of carboxylic acids is 1. The highest BCUT2D eigenvalue weighted by atomic mass is 32.1. The Balaban J connectivity index is 2.81. The normalized spacial score (nSPS) is 12.2. The third kappa shape index (κ3) is 3.03. The number of aliphatic carboxylic acids is 1. The highest BCUT2D eigenvalue weighted by Gasteiger charge is 2.18. The lowest BCUT2D eigenvalue weighted by molar-refractivity contribution is -0.136. The highest BCUT2D eigenvalue weighted by Crippen LogP contribution is 2.13. The second kappa shape index (κ2) is 5.07. The number of hydrogen-bond donors (Lipinski definition) is 2. The Labute approximate surface area is 95.5 Å². The smallest absolute Gasteiger partial charge is 0.316 e. The van der Waals surface area contributed by atoms with Crippen LogP contribution in [0.15, 0.2) is 18.2 Å². The molecule has 0 bridgehead atoms. The van der Waals surface area contributed by atoms with Gasteiger partial charge in [0.2, 0.25) is 0 Å². The summed E-state index contributed by atoms with van der Waals surface area (Å²) in [5.74, 6) is -4.03. The van der Waals surface area contributed by atoms with Crippen LogP contribution in [0.5, 0.6) is 0 Å². The van der Waals surface area contributed by atoms with Crippen LogP contribution < -0.4 is 0 Å². The summed E-state index contributed by atoms with van der Waals surface area (Å²) in [6.07, 6.45) is -0.372. The lowest BCUT2D eigenvalue weighted by atomic mass is 10.1. The maximum Gasteiger partial charge on any atom is 0.316 e. The summed E-state index contributed by atoms with van der Waals surface area (Å²) >= 11 is 3.67. The summed E-state index contributed by atoms with van der Waals surface area (Å²) in [6, 6.07) is 2.65. The first-order valence-corrected chi connectivity index (χ1v) is 4.82. The molecule has 1 aromatic carbocycles. The number of ketones is 1. The summed E-state index contributed by atoms with van der Waals surface area (Å²) in [4.78, 5) is 21.8. The number of hydrogen-bond acceptors (Lipinski definition) is 3. The highest BCUT2D eigenvalue weighted by molar-refractivity contribution is 7.81. The molecule has 1 N–H and O–H groups in total. The van der Waals surface area contributed by atoms with Gasteiger partial charge in [-0.15, -0.1) is 0 Å². The molecule has 0 saturated heterocycles. The number of benzene rings is 1. The number of halogens is 2. The molecule has 0 spiro atoms. The van der Waals surface area contributed by atoms with Gasteiger partial charge in [0, 0.05) is 12.0 Å². The van der Waals surface area contributed by atoms with E-state index in [2.05, 4.69) is 12.6 Å². The summed E-state index contributed by atoms with van der Waals surface area (Å²) in [5, 5.41) is 7.36. The topological polar surface area (TPSA) is 54.4 Å². The maximum absolute atomic E-state index is 12.8. The van der Waals surface area contributed by atoms with Crippen molar-refractivity contribution >= 4 is 24.4 Å². The molecule has 0 aliphatic carbocycles. The molecular formula is C10H8F2O3S. The Bertz CT molecular complexity index is 434. The summed E-state index contributed by atoms with van der Waals surface area (Å²) < 4.78 is 25.3. The van der Waals surface area contributed by atoms with Gasteiger partial charge in [-0.3, -0.25) is 9.59 Å². The number of carboxylic acid groups (broad SMARTS) is 1. The van der Waals surface area contributed by atoms with Gasteiger partial charge in [-0.05, 0) is 18.2 Å². The maximum atomic E-state index is 12.8. The monoisotopic (exact) mass is 246 g/mol. The van der Waals surface area contributed by atoms with Crippen LogP contribution in [0.2, 0.25) is 0 Å². The van der Waals surface area contributed by atoms with Crippen LogP contribution in [0, 0.1) is 11.6 Å². The van der Waals surface area contributed by atoms with Crippen LogP contribution in [0.25, 0.3) is 0 Å². The van der Waals surface area contributed by atoms with E-state index < -0.39 is 28.6 Å². The fourth-order valence-electron chi connectivity index (χ4n) is 1.05. The van der Waals surface area contributed by atoms with Crippen LogP contribution in [0.1, 0.15) is 16.8 Å². The van der Waals surface area contributed by atoms with Gasteiger partial charge in [-0.25, -0.2) is 8.78 Å². The molecule has 86 valence electrons. The van der Waals surface area contributed by atoms with Gasteiger partial charge in [0.05, 0.1) is 0 Å². The molecule has 0 aliphatic rings. The molecule has 6 heteroatoms. The number of thiol groups is 1. The molecule has 0 fully saturated rings. The quantitative estimate of drug-likeness (QED) is 0.630. The first kappa shape index (κ1) is 12.6. The largest absolute Gasteiger partial charge is 0.480 e. The molecule has 1 aromatic rings. The second-order valence-electron chi connectivity index (χ2n) is 3.11. The molecule has 3 nitrogen and oxygen atoms in total. The predicted molar refractivity (Wildman–Crippen MR) is 55.7 cm³/mol. The minimum atomic E-state index is -1.24. The zero-order valence-corrected chi connectivity index (χ0v) is 8.88. The fraction of sp³-hybridized carbons (Fsp3) is 0.200. The molecule has 0 aliphatic heterocycles. The molecule has 0 saturated carbocycles. The van der Waals surface area contributed by atoms with E-state index in [1.165, 1.54) is 0 Å². The molecule has 1 atom stereocenters. The van der Waals surface area contributed by atoms with Crippen molar-refractivity contribution in [2.75, 3.05) is 0 Å². The van der Waals surface area contributed by atoms with Gasteiger partial charge in [0.15, 0.2) is 17.4 Å². The Morgan fingerprint density at radius 3 is 2.44 bits per heavy atom. The van der Waals surface area contributed by atoms with Gasteiger partial charge >= 0.3 is 5.97 Å². The average Bonchev–Trinajstić information content (AvgIpc) is 2.21. The van der Waals surface area contributed by atoms with E-state index in [0.717, 1.165) is 18.2 Å². The molecule has 0 radical (unpaired) electrons. The van der Waals surface area contributed by atoms with Crippen molar-refractivity contribution < 1.29 is 23.5 Å². The van der Waals surface area contributed by atoms with Gasteiger partial charge in [-0.2, -0.15) is 12.6 Å². The van der Waals surface area contributed by atoms with E-state index in [4.69, 9.17) is 5.11 Å². The van der Waals surface area contributed by atoms with Crippen molar-refractivity contribution in [1.29, 1.82) is 0 Å². The first-order valence-electron chi connectivity index (χ1n) is 4.31. The Morgan fingerprint density at radius 2 is 1.94 bits per heavy atom. The van der Waals surface area contributed by atoms with Crippen molar-refractivity contribution in [3.05, 3.63) is 35.4 Å². The molecule has 0 heterocycles. The standard InChI is InChI=1S/C10H8F2O3S/c11-6-2-1-5(3-7(6)12)8(13)4-9(16)10(14)15/h1-3,9,16H,4H2,(H,14,15)/t9-/m0/s1. The summed E-state index contributed by atoms with van der Waals surface area (Å²) in [6.45, 7) is 0. The van der Waals surface area contributed by atoms with Crippen LogP contribution in [-0.4, -0.2) is 22.1 Å². The van der Waals surface area contributed by atoms with E-state index in [0.29, 0.717) is 0 Å². The molecule has 0 aromatic heterocycles. The fourth-order valence-corrected chi connectivity index (χ4v) is 1.22. The van der Waals surface area contributed by atoms with Crippen molar-refractivity contribution in [1.82, 2.24) is 0 Å². The lowest BCUT2D eigenvalue weighted by Crippen LogP contribution is -2.18. The predicted octanol–water partition coefficient (Wildman–Crippen LogP) is 1.92. The van der Waals surface area contributed by atoms with Crippen LogP contribution >= 0.6 is 12.6 Å². The Hall–Kier alpha value is -1.43. The Kier molecular flexibility index (Phi) is 4.00. The summed E-state index contributed by atoms with van der Waals surface area (Å²) in [5.41, 5.74) is -0.0702. The third-order valence-electron chi connectivity index (χ3n) is 1.91. The minimum Gasteiger partial charge on any atom is -0.480 e. The third-order valence-corrected chi connectivity index (χ3v) is 2.31. The van der Waals surface area contributed by atoms with Gasteiger partial charge in [0.1, 0.15) is 5.25 Å². The molecule has 0 unspecified atom stereocenters. The van der Waals surface area contributed by atoms with Crippen molar-refractivity contribution in [3.63, 3.8) is 0 Å². The summed E-state index contributed by atoms with van der Waals surface area (Å²) in [7, 11) is 0. The van der Waals surface area contributed by atoms with E-state index in [1.807, 2.05) is 0 Å². The van der Waals surface area contributed by atoms with Gasteiger partial charge in [0.25, 0.3) is 0 Å². The SMILES string of the molecule is O=C(C[C@H](S)C(=O)O)c1ccc(F)c(F)c1. The van der Waals surface area contributed by atoms with E-state index in [9.17, 15) is 18.4 Å². The number of rotatable bonds is 4. The minimum absolute atomic E-state index is 0.0702.